The molecule has 0 saturated heterocycles. The average molecular weight is 310 g/mol. The van der Waals surface area contributed by atoms with Gasteiger partial charge in [0.05, 0.1) is 11.6 Å². The lowest BCUT2D eigenvalue weighted by atomic mass is 10.1. The number of carbonyl (C=O) groups excluding carboxylic acids is 2. The number of esters is 1. The Morgan fingerprint density at radius 2 is 2.14 bits per heavy atom. The number of aliphatic hydroxyl groups excluding tert-OH is 1. The van der Waals surface area contributed by atoms with Gasteiger partial charge in [0.2, 0.25) is 0 Å². The van der Waals surface area contributed by atoms with Crippen molar-refractivity contribution >= 4 is 23.5 Å². The SMILES string of the molecule is CCOC(=O)CN(C)C(=O)c1ccc(C#CCO)c(Cl)c1. The van der Waals surface area contributed by atoms with Crippen LogP contribution in [0.1, 0.15) is 22.8 Å². The highest BCUT2D eigenvalue weighted by molar-refractivity contribution is 6.32. The van der Waals surface area contributed by atoms with Crippen molar-refractivity contribution in [3.05, 3.63) is 34.3 Å². The van der Waals surface area contributed by atoms with Crippen LogP contribution in [0.4, 0.5) is 0 Å². The minimum Gasteiger partial charge on any atom is -0.465 e. The third kappa shape index (κ3) is 5.10. The van der Waals surface area contributed by atoms with E-state index in [4.69, 9.17) is 21.4 Å². The second-order valence-corrected chi connectivity index (χ2v) is 4.53. The molecule has 0 aromatic heterocycles. The summed E-state index contributed by atoms with van der Waals surface area (Å²) < 4.78 is 4.78. The third-order valence-electron chi connectivity index (χ3n) is 2.54. The quantitative estimate of drug-likeness (QED) is 0.673. The number of benzene rings is 1. The molecule has 1 aromatic rings. The molecule has 0 aliphatic rings. The van der Waals surface area contributed by atoms with Crippen molar-refractivity contribution in [3.8, 4) is 11.8 Å². The molecule has 0 fully saturated rings. The van der Waals surface area contributed by atoms with Crippen LogP contribution in [0, 0.1) is 11.8 Å². The van der Waals surface area contributed by atoms with E-state index in [0.717, 1.165) is 0 Å². The van der Waals surface area contributed by atoms with Gasteiger partial charge in [0.15, 0.2) is 0 Å². The molecule has 0 heterocycles. The second-order valence-electron chi connectivity index (χ2n) is 4.12. The fourth-order valence-electron chi connectivity index (χ4n) is 1.58. The van der Waals surface area contributed by atoms with E-state index in [2.05, 4.69) is 11.8 Å². The van der Waals surface area contributed by atoms with Crippen LogP contribution in [-0.4, -0.2) is 48.7 Å². The number of nitrogens with zero attached hydrogens (tertiary/aromatic N) is 1. The number of carbonyl (C=O) groups is 2. The molecule has 0 unspecified atom stereocenters. The van der Waals surface area contributed by atoms with Crippen molar-refractivity contribution < 1.29 is 19.4 Å². The first-order chi connectivity index (χ1) is 9.99. The lowest BCUT2D eigenvalue weighted by Crippen LogP contribution is -2.33. The van der Waals surface area contributed by atoms with Gasteiger partial charge in [0.1, 0.15) is 13.2 Å². The van der Waals surface area contributed by atoms with Crippen molar-refractivity contribution in [2.24, 2.45) is 0 Å². The minimum atomic E-state index is -0.468. The molecular weight excluding hydrogens is 294 g/mol. The number of hydrogen-bond donors (Lipinski definition) is 1. The largest absolute Gasteiger partial charge is 0.465 e. The van der Waals surface area contributed by atoms with Crippen LogP contribution < -0.4 is 0 Å². The van der Waals surface area contributed by atoms with Gasteiger partial charge in [-0.25, -0.2) is 0 Å². The third-order valence-corrected chi connectivity index (χ3v) is 2.85. The monoisotopic (exact) mass is 309 g/mol. The summed E-state index contributed by atoms with van der Waals surface area (Å²) in [5.41, 5.74) is 0.872. The molecule has 5 nitrogen and oxygen atoms in total. The molecule has 1 aromatic carbocycles. The van der Waals surface area contributed by atoms with Gasteiger partial charge in [-0.3, -0.25) is 9.59 Å². The number of rotatable bonds is 4. The first-order valence-electron chi connectivity index (χ1n) is 6.30. The fourth-order valence-corrected chi connectivity index (χ4v) is 1.80. The summed E-state index contributed by atoms with van der Waals surface area (Å²) >= 11 is 6.02. The Balaban J connectivity index is 2.83. The topological polar surface area (TPSA) is 66.8 Å². The zero-order valence-electron chi connectivity index (χ0n) is 11.9. The number of hydrogen-bond acceptors (Lipinski definition) is 4. The van der Waals surface area contributed by atoms with Crippen LogP contribution in [0.3, 0.4) is 0 Å². The highest BCUT2D eigenvalue weighted by Crippen LogP contribution is 2.18. The van der Waals surface area contributed by atoms with Crippen molar-refractivity contribution in [1.82, 2.24) is 4.90 Å². The standard InChI is InChI=1S/C15H16ClNO4/c1-3-21-14(19)10-17(2)15(20)12-7-6-11(5-4-8-18)13(16)9-12/h6-7,9,18H,3,8,10H2,1-2H3. The van der Waals surface area contributed by atoms with E-state index in [1.165, 1.54) is 18.0 Å². The van der Waals surface area contributed by atoms with Gasteiger partial charge in [0, 0.05) is 18.2 Å². The normalized spacial score (nSPS) is 9.52. The Kier molecular flexibility index (Phi) is 6.73. The van der Waals surface area contributed by atoms with Crippen LogP contribution >= 0.6 is 11.6 Å². The molecule has 1 amide bonds. The lowest BCUT2D eigenvalue weighted by Gasteiger charge is -2.16. The van der Waals surface area contributed by atoms with Crippen LogP contribution in [0.5, 0.6) is 0 Å². The Morgan fingerprint density at radius 3 is 2.71 bits per heavy atom. The summed E-state index contributed by atoms with van der Waals surface area (Å²) in [6, 6.07) is 4.64. The number of aliphatic hydroxyl groups is 1. The van der Waals surface area contributed by atoms with Gasteiger partial charge in [-0.15, -0.1) is 0 Å². The summed E-state index contributed by atoms with van der Waals surface area (Å²) in [6.45, 7) is 1.58. The zero-order valence-corrected chi connectivity index (χ0v) is 12.6. The Hall–Kier alpha value is -2.03. The van der Waals surface area contributed by atoms with Gasteiger partial charge >= 0.3 is 5.97 Å². The molecular formula is C15H16ClNO4. The molecule has 21 heavy (non-hydrogen) atoms. The molecule has 0 aliphatic carbocycles. The van der Waals surface area contributed by atoms with Crippen molar-refractivity contribution in [1.29, 1.82) is 0 Å². The van der Waals surface area contributed by atoms with E-state index in [1.807, 2.05) is 0 Å². The summed E-state index contributed by atoms with van der Waals surface area (Å²) in [5.74, 6) is 4.35. The Bertz CT molecular complexity index is 589. The molecule has 0 aliphatic heterocycles. The second kappa shape index (κ2) is 8.30. The molecule has 0 saturated carbocycles. The van der Waals surface area contributed by atoms with Crippen molar-refractivity contribution in [2.45, 2.75) is 6.92 Å². The number of ether oxygens (including phenoxy) is 1. The van der Waals surface area contributed by atoms with Gasteiger partial charge in [0.25, 0.3) is 5.91 Å². The fraction of sp³-hybridized carbons (Fsp3) is 0.333. The highest BCUT2D eigenvalue weighted by Gasteiger charge is 2.16. The van der Waals surface area contributed by atoms with Gasteiger partial charge in [-0.05, 0) is 25.1 Å². The van der Waals surface area contributed by atoms with Crippen LogP contribution in [-0.2, 0) is 9.53 Å². The van der Waals surface area contributed by atoms with E-state index < -0.39 is 5.97 Å². The average Bonchev–Trinajstić information content (AvgIpc) is 2.45. The maximum atomic E-state index is 12.1. The maximum absolute atomic E-state index is 12.1. The molecule has 0 atom stereocenters. The molecule has 1 N–H and O–H groups in total. The molecule has 0 spiro atoms. The Morgan fingerprint density at radius 1 is 1.43 bits per heavy atom. The number of likely N-dealkylation sites (N-methyl/N-ethyl adjacent to an activating group) is 1. The number of amides is 1. The summed E-state index contributed by atoms with van der Waals surface area (Å²) in [7, 11) is 1.51. The van der Waals surface area contributed by atoms with Crippen LogP contribution in [0.15, 0.2) is 18.2 Å². The van der Waals surface area contributed by atoms with Crippen LogP contribution in [0.2, 0.25) is 5.02 Å². The molecule has 6 heteroatoms. The predicted molar refractivity (Wildman–Crippen MR) is 79.0 cm³/mol. The van der Waals surface area contributed by atoms with Crippen molar-refractivity contribution in [3.63, 3.8) is 0 Å². The lowest BCUT2D eigenvalue weighted by molar-refractivity contribution is -0.143. The Labute approximate surface area is 128 Å². The van der Waals surface area contributed by atoms with Gasteiger partial charge in [-0.2, -0.15) is 0 Å². The van der Waals surface area contributed by atoms with E-state index in [1.54, 1.807) is 19.1 Å². The predicted octanol–water partition coefficient (Wildman–Crippen LogP) is 1.32. The van der Waals surface area contributed by atoms with E-state index in [-0.39, 0.29) is 25.7 Å². The first-order valence-corrected chi connectivity index (χ1v) is 6.67. The van der Waals surface area contributed by atoms with Crippen molar-refractivity contribution in [2.75, 3.05) is 26.8 Å². The summed E-state index contributed by atoms with van der Waals surface area (Å²) in [6.07, 6.45) is 0. The molecule has 112 valence electrons. The molecule has 0 radical (unpaired) electrons. The maximum Gasteiger partial charge on any atom is 0.325 e. The van der Waals surface area contributed by atoms with Gasteiger partial charge in [-0.1, -0.05) is 23.4 Å². The van der Waals surface area contributed by atoms with E-state index in [9.17, 15) is 9.59 Å². The van der Waals surface area contributed by atoms with E-state index >= 15 is 0 Å². The minimum absolute atomic E-state index is 0.129. The highest BCUT2D eigenvalue weighted by atomic mass is 35.5. The molecule has 1 rings (SSSR count). The molecule has 0 bridgehead atoms. The smallest absolute Gasteiger partial charge is 0.325 e. The van der Waals surface area contributed by atoms with Gasteiger partial charge < -0.3 is 14.7 Å². The first kappa shape index (κ1) is 17.0. The summed E-state index contributed by atoms with van der Waals surface area (Å²) in [4.78, 5) is 24.7. The number of halogens is 1. The van der Waals surface area contributed by atoms with Crippen LogP contribution in [0.25, 0.3) is 0 Å². The van der Waals surface area contributed by atoms with E-state index in [0.29, 0.717) is 16.1 Å². The summed E-state index contributed by atoms with van der Waals surface area (Å²) in [5, 5.41) is 8.95. The zero-order chi connectivity index (χ0) is 15.8.